The molecule has 0 spiro atoms. The predicted octanol–water partition coefficient (Wildman–Crippen LogP) is 12.2. The van der Waals surface area contributed by atoms with Crippen molar-refractivity contribution < 1.29 is 0 Å². The normalized spacial score (nSPS) is 11.5. The van der Waals surface area contributed by atoms with Crippen LogP contribution in [0.3, 0.4) is 0 Å². The molecular formula is C48H30N4. The largest absolute Gasteiger partial charge is 0.255 e. The van der Waals surface area contributed by atoms with Crippen LogP contribution in [-0.2, 0) is 0 Å². The van der Waals surface area contributed by atoms with Crippen LogP contribution in [0.1, 0.15) is 0 Å². The lowest BCUT2D eigenvalue weighted by Crippen LogP contribution is -1.93. The molecule has 4 aromatic heterocycles. The van der Waals surface area contributed by atoms with E-state index in [1.807, 2.05) is 24.3 Å². The van der Waals surface area contributed by atoms with Gasteiger partial charge in [0.2, 0.25) is 0 Å². The van der Waals surface area contributed by atoms with E-state index in [0.29, 0.717) is 0 Å². The molecule has 0 saturated heterocycles. The van der Waals surface area contributed by atoms with Crippen molar-refractivity contribution in [3.05, 3.63) is 182 Å². The maximum absolute atomic E-state index is 5.27. The lowest BCUT2D eigenvalue weighted by molar-refractivity contribution is 1.28. The van der Waals surface area contributed by atoms with Gasteiger partial charge in [0.25, 0.3) is 0 Å². The zero-order valence-electron chi connectivity index (χ0n) is 28.1. The second-order valence-corrected chi connectivity index (χ2v) is 13.1. The zero-order valence-corrected chi connectivity index (χ0v) is 28.1. The van der Waals surface area contributed by atoms with E-state index in [4.69, 9.17) is 15.0 Å². The highest BCUT2D eigenvalue weighted by molar-refractivity contribution is 6.16. The fourth-order valence-corrected chi connectivity index (χ4v) is 7.26. The zero-order chi connectivity index (χ0) is 34.4. The van der Waals surface area contributed by atoms with Gasteiger partial charge in [-0.1, -0.05) is 140 Å². The molecule has 0 amide bonds. The molecule has 242 valence electrons. The first-order valence-electron chi connectivity index (χ1n) is 17.5. The van der Waals surface area contributed by atoms with Gasteiger partial charge >= 0.3 is 0 Å². The van der Waals surface area contributed by atoms with Crippen LogP contribution in [0.2, 0.25) is 0 Å². The van der Waals surface area contributed by atoms with Crippen molar-refractivity contribution in [3.8, 4) is 56.0 Å². The van der Waals surface area contributed by atoms with E-state index in [1.165, 1.54) is 16.7 Å². The van der Waals surface area contributed by atoms with Crippen LogP contribution in [0.15, 0.2) is 182 Å². The average molecular weight is 663 g/mol. The minimum Gasteiger partial charge on any atom is -0.255 e. The van der Waals surface area contributed by atoms with Gasteiger partial charge < -0.3 is 0 Å². The van der Waals surface area contributed by atoms with Crippen LogP contribution in [0, 0.1) is 0 Å². The van der Waals surface area contributed by atoms with E-state index in [9.17, 15) is 0 Å². The molecule has 4 heterocycles. The summed E-state index contributed by atoms with van der Waals surface area (Å²) in [6.45, 7) is 0. The number of benzene rings is 6. The van der Waals surface area contributed by atoms with Crippen molar-refractivity contribution in [2.24, 2.45) is 0 Å². The van der Waals surface area contributed by atoms with Gasteiger partial charge in [0.05, 0.1) is 39.1 Å². The molecule has 0 aliphatic carbocycles. The summed E-state index contributed by atoms with van der Waals surface area (Å²) in [5.74, 6) is 0. The molecule has 0 aliphatic heterocycles. The molecule has 6 aromatic carbocycles. The number of hydrogen-bond donors (Lipinski definition) is 0. The number of nitrogens with zero attached hydrogens (tertiary/aromatic N) is 4. The number of hydrogen-bond acceptors (Lipinski definition) is 4. The van der Waals surface area contributed by atoms with Crippen molar-refractivity contribution >= 4 is 43.6 Å². The molecule has 0 N–H and O–H groups in total. The molecule has 0 radical (unpaired) electrons. The fraction of sp³-hybridized carbons (Fsp3) is 0. The fourth-order valence-electron chi connectivity index (χ4n) is 7.26. The second kappa shape index (κ2) is 12.4. The molecule has 0 atom stereocenters. The van der Waals surface area contributed by atoms with Gasteiger partial charge in [-0.15, -0.1) is 0 Å². The summed E-state index contributed by atoms with van der Waals surface area (Å²) >= 11 is 0. The van der Waals surface area contributed by atoms with Crippen molar-refractivity contribution in [3.63, 3.8) is 0 Å². The summed E-state index contributed by atoms with van der Waals surface area (Å²) in [5.41, 5.74) is 14.4. The number of fused-ring (bicyclic) bond motifs is 5. The highest BCUT2D eigenvalue weighted by atomic mass is 14.8. The smallest absolute Gasteiger partial charge is 0.0978 e. The molecule has 10 aromatic rings. The Morgan fingerprint density at radius 3 is 1.77 bits per heavy atom. The van der Waals surface area contributed by atoms with E-state index in [2.05, 4.69) is 157 Å². The molecule has 0 bridgehead atoms. The van der Waals surface area contributed by atoms with Crippen molar-refractivity contribution in [1.82, 2.24) is 19.9 Å². The topological polar surface area (TPSA) is 51.6 Å². The number of para-hydroxylation sites is 1. The molecule has 0 aliphatic rings. The van der Waals surface area contributed by atoms with Crippen LogP contribution in [0.25, 0.3) is 99.6 Å². The number of rotatable bonds is 5. The average Bonchev–Trinajstić information content (AvgIpc) is 3.23. The molecule has 0 fully saturated rings. The number of pyridine rings is 4. The lowest BCUT2D eigenvalue weighted by atomic mass is 9.93. The van der Waals surface area contributed by atoms with Crippen LogP contribution in [0.5, 0.6) is 0 Å². The van der Waals surface area contributed by atoms with Crippen LogP contribution >= 0.6 is 0 Å². The predicted molar refractivity (Wildman–Crippen MR) is 215 cm³/mol. The summed E-state index contributed by atoms with van der Waals surface area (Å²) in [6.07, 6.45) is 1.80. The minimum atomic E-state index is 0.867. The van der Waals surface area contributed by atoms with Crippen LogP contribution in [-0.4, -0.2) is 19.9 Å². The maximum atomic E-state index is 5.27. The molecule has 0 unspecified atom stereocenters. The third kappa shape index (κ3) is 5.26. The first-order valence-corrected chi connectivity index (χ1v) is 17.5. The van der Waals surface area contributed by atoms with E-state index in [0.717, 1.165) is 82.9 Å². The van der Waals surface area contributed by atoms with E-state index >= 15 is 0 Å². The Kier molecular flexibility index (Phi) is 7.10. The Labute approximate surface area is 300 Å². The quantitative estimate of drug-likeness (QED) is 0.136. The first kappa shape index (κ1) is 29.8. The van der Waals surface area contributed by atoms with Crippen molar-refractivity contribution in [1.29, 1.82) is 0 Å². The molecular weight excluding hydrogens is 633 g/mol. The first-order chi connectivity index (χ1) is 25.7. The van der Waals surface area contributed by atoms with Gasteiger partial charge in [-0.2, -0.15) is 0 Å². The second-order valence-electron chi connectivity index (χ2n) is 13.1. The van der Waals surface area contributed by atoms with Gasteiger partial charge in [-0.3, -0.25) is 4.98 Å². The Bertz CT molecular complexity index is 2920. The third-order valence-corrected chi connectivity index (χ3v) is 9.92. The Hall–Kier alpha value is -7.04. The van der Waals surface area contributed by atoms with Crippen LogP contribution in [0.4, 0.5) is 0 Å². The minimum absolute atomic E-state index is 0.867. The van der Waals surface area contributed by atoms with Crippen molar-refractivity contribution in [2.75, 3.05) is 0 Å². The summed E-state index contributed by atoms with van der Waals surface area (Å²) in [7, 11) is 0. The monoisotopic (exact) mass is 662 g/mol. The van der Waals surface area contributed by atoms with Gasteiger partial charge in [0.1, 0.15) is 0 Å². The van der Waals surface area contributed by atoms with Gasteiger partial charge in [0.15, 0.2) is 0 Å². The van der Waals surface area contributed by atoms with Gasteiger partial charge in [-0.05, 0) is 64.2 Å². The molecule has 10 rings (SSSR count). The molecule has 52 heavy (non-hydrogen) atoms. The number of aromatic nitrogens is 4. The highest BCUT2D eigenvalue weighted by Crippen LogP contribution is 2.38. The third-order valence-electron chi connectivity index (χ3n) is 9.92. The van der Waals surface area contributed by atoms with Gasteiger partial charge in [0, 0.05) is 38.9 Å². The van der Waals surface area contributed by atoms with E-state index in [1.54, 1.807) is 6.20 Å². The summed E-state index contributed by atoms with van der Waals surface area (Å²) in [4.78, 5) is 19.9. The van der Waals surface area contributed by atoms with Crippen molar-refractivity contribution in [2.45, 2.75) is 0 Å². The molecule has 4 nitrogen and oxygen atoms in total. The summed E-state index contributed by atoms with van der Waals surface area (Å²) in [6, 6.07) is 61.5. The Balaban J connectivity index is 1.04. The summed E-state index contributed by atoms with van der Waals surface area (Å²) in [5, 5.41) is 4.39. The summed E-state index contributed by atoms with van der Waals surface area (Å²) < 4.78 is 0. The molecule has 4 heteroatoms. The standard InChI is InChI=1S/C48H30N4/c1-2-8-31(9-3-1)32-15-20-36(21-16-32)46-39-10-4-5-11-42(39)52-48-40(46)26-23-37-25-27-41(51-47(37)48)34-17-13-33(14-18-34)38-22-19-35-24-28-44(50-45(35)30-38)43-12-6-7-29-49-43/h1-30H. The van der Waals surface area contributed by atoms with E-state index in [-0.39, 0.29) is 0 Å². The Morgan fingerprint density at radius 1 is 0.308 bits per heavy atom. The lowest BCUT2D eigenvalue weighted by Gasteiger charge is -2.14. The maximum Gasteiger partial charge on any atom is 0.0978 e. The SMILES string of the molecule is c1ccc(-c2ccc(-c3c4ccccc4nc4c3ccc3ccc(-c5ccc(-c6ccc7ccc(-c8ccccn8)nc7c6)cc5)nc34)cc2)cc1. The Morgan fingerprint density at radius 2 is 0.942 bits per heavy atom. The van der Waals surface area contributed by atoms with Gasteiger partial charge in [-0.25, -0.2) is 15.0 Å². The van der Waals surface area contributed by atoms with E-state index < -0.39 is 0 Å². The van der Waals surface area contributed by atoms with Crippen LogP contribution < -0.4 is 0 Å². The molecule has 0 saturated carbocycles. The highest BCUT2D eigenvalue weighted by Gasteiger charge is 2.15.